The molecule has 0 aromatic carbocycles. The number of hydrogen-bond acceptors (Lipinski definition) is 4. The van der Waals surface area contributed by atoms with Crippen molar-refractivity contribution >= 4 is 15.9 Å². The quantitative estimate of drug-likeness (QED) is 0.709. The summed E-state index contributed by atoms with van der Waals surface area (Å²) >= 11 is 0. The summed E-state index contributed by atoms with van der Waals surface area (Å²) in [6, 6.07) is -0.136. The predicted octanol–water partition coefficient (Wildman–Crippen LogP) is -0.488. The molecule has 0 saturated heterocycles. The van der Waals surface area contributed by atoms with E-state index in [4.69, 9.17) is 5.73 Å². The smallest absolute Gasteiger partial charge is 0.227 e. The predicted molar refractivity (Wildman–Crippen MR) is 70.4 cm³/mol. The fourth-order valence-electron chi connectivity index (χ4n) is 2.15. The van der Waals surface area contributed by atoms with Crippen molar-refractivity contribution in [3.05, 3.63) is 0 Å². The highest BCUT2D eigenvalue weighted by atomic mass is 32.2. The molecular weight excluding hydrogens is 254 g/mol. The van der Waals surface area contributed by atoms with Crippen LogP contribution in [0.1, 0.15) is 26.2 Å². The minimum Gasteiger partial charge on any atom is -0.355 e. The summed E-state index contributed by atoms with van der Waals surface area (Å²) in [6.07, 6.45) is 2.56. The van der Waals surface area contributed by atoms with E-state index in [-0.39, 0.29) is 24.2 Å². The van der Waals surface area contributed by atoms with Gasteiger partial charge in [-0.25, -0.2) is 12.7 Å². The molecule has 0 aliphatic heterocycles. The minimum absolute atomic E-state index is 0.0863. The molecule has 1 amide bonds. The molecular formula is C11H23N3O3S. The Labute approximate surface area is 109 Å². The molecule has 3 N–H and O–H groups in total. The lowest BCUT2D eigenvalue weighted by Crippen LogP contribution is -2.48. The van der Waals surface area contributed by atoms with E-state index in [1.54, 1.807) is 0 Å². The van der Waals surface area contributed by atoms with Gasteiger partial charge in [0.25, 0.3) is 0 Å². The maximum absolute atomic E-state index is 12.0. The molecule has 1 rings (SSSR count). The van der Waals surface area contributed by atoms with Gasteiger partial charge < -0.3 is 11.1 Å². The fraction of sp³-hybridized carbons (Fsp3) is 0.909. The summed E-state index contributed by atoms with van der Waals surface area (Å²) in [6.45, 7) is 1.97. The zero-order chi connectivity index (χ0) is 14.0. The Kier molecular flexibility index (Phi) is 4.74. The van der Waals surface area contributed by atoms with Crippen molar-refractivity contribution in [2.75, 3.05) is 26.4 Å². The molecule has 0 heterocycles. The van der Waals surface area contributed by atoms with Crippen LogP contribution in [0.5, 0.6) is 0 Å². The van der Waals surface area contributed by atoms with Crippen LogP contribution < -0.4 is 11.1 Å². The molecule has 1 aliphatic carbocycles. The standard InChI is InChI=1S/C11H23N3O3S/c1-11(6-4-5-9(11)12)10(15)13-7-8-18(16,17)14(2)3/h9H,4-8,12H2,1-3H3,(H,13,15). The van der Waals surface area contributed by atoms with E-state index >= 15 is 0 Å². The summed E-state index contributed by atoms with van der Waals surface area (Å²) in [7, 11) is -0.308. The van der Waals surface area contributed by atoms with Crippen molar-refractivity contribution in [3.8, 4) is 0 Å². The molecule has 0 bridgehead atoms. The van der Waals surface area contributed by atoms with E-state index in [2.05, 4.69) is 5.32 Å². The van der Waals surface area contributed by atoms with E-state index < -0.39 is 15.4 Å². The van der Waals surface area contributed by atoms with Gasteiger partial charge in [-0.1, -0.05) is 6.42 Å². The number of nitrogens with zero attached hydrogens (tertiary/aromatic N) is 1. The van der Waals surface area contributed by atoms with Crippen molar-refractivity contribution in [1.82, 2.24) is 9.62 Å². The second-order valence-electron chi connectivity index (χ2n) is 5.27. The van der Waals surface area contributed by atoms with Gasteiger partial charge in [0.05, 0.1) is 11.2 Å². The molecule has 1 fully saturated rings. The first-order chi connectivity index (χ1) is 8.20. The third-order valence-electron chi connectivity index (χ3n) is 3.75. The number of rotatable bonds is 5. The maximum atomic E-state index is 12.0. The van der Waals surface area contributed by atoms with Crippen molar-refractivity contribution in [2.45, 2.75) is 32.2 Å². The van der Waals surface area contributed by atoms with E-state index in [1.165, 1.54) is 14.1 Å². The van der Waals surface area contributed by atoms with E-state index in [1.807, 2.05) is 6.92 Å². The summed E-state index contributed by atoms with van der Waals surface area (Å²) < 4.78 is 24.2. The first-order valence-electron chi connectivity index (χ1n) is 6.14. The SMILES string of the molecule is CN(C)S(=O)(=O)CCNC(=O)C1(C)CCCC1N. The number of hydrogen-bond donors (Lipinski definition) is 2. The molecule has 0 radical (unpaired) electrons. The van der Waals surface area contributed by atoms with Gasteiger partial charge in [-0.3, -0.25) is 4.79 Å². The van der Waals surface area contributed by atoms with Gasteiger partial charge in [-0.2, -0.15) is 0 Å². The van der Waals surface area contributed by atoms with Crippen LogP contribution in [-0.2, 0) is 14.8 Å². The summed E-state index contributed by atoms with van der Waals surface area (Å²) in [5.74, 6) is -0.224. The molecule has 0 aromatic rings. The molecule has 106 valence electrons. The van der Waals surface area contributed by atoms with Crippen LogP contribution in [0.3, 0.4) is 0 Å². The number of amides is 1. The second-order valence-corrected chi connectivity index (χ2v) is 7.57. The highest BCUT2D eigenvalue weighted by Gasteiger charge is 2.42. The Balaban J connectivity index is 2.48. The van der Waals surface area contributed by atoms with E-state index in [0.717, 1.165) is 23.6 Å². The minimum atomic E-state index is -3.26. The average Bonchev–Trinajstić information content (AvgIpc) is 2.60. The third kappa shape index (κ3) is 3.21. The van der Waals surface area contributed by atoms with Crippen LogP contribution in [0.4, 0.5) is 0 Å². The molecule has 7 heteroatoms. The number of nitrogens with two attached hydrogens (primary N) is 1. The highest BCUT2D eigenvalue weighted by molar-refractivity contribution is 7.89. The summed E-state index contributed by atoms with van der Waals surface area (Å²) in [5, 5.41) is 2.68. The number of nitrogens with one attached hydrogen (secondary N) is 1. The molecule has 2 unspecified atom stereocenters. The normalized spacial score (nSPS) is 28.6. The fourth-order valence-corrected chi connectivity index (χ4v) is 2.88. The van der Waals surface area contributed by atoms with Crippen LogP contribution >= 0.6 is 0 Å². The van der Waals surface area contributed by atoms with Crippen LogP contribution in [0.25, 0.3) is 0 Å². The first kappa shape index (κ1) is 15.4. The largest absolute Gasteiger partial charge is 0.355 e. The van der Waals surface area contributed by atoms with Gasteiger partial charge in [-0.15, -0.1) is 0 Å². The monoisotopic (exact) mass is 277 g/mol. The third-order valence-corrected chi connectivity index (χ3v) is 5.58. The Morgan fingerprint density at radius 3 is 2.56 bits per heavy atom. The summed E-state index contributed by atoms with van der Waals surface area (Å²) in [4.78, 5) is 12.0. The summed E-state index contributed by atoms with van der Waals surface area (Å²) in [5.41, 5.74) is 5.38. The first-order valence-corrected chi connectivity index (χ1v) is 7.75. The Hall–Kier alpha value is -0.660. The van der Waals surface area contributed by atoms with Crippen LogP contribution in [-0.4, -0.2) is 51.1 Å². The number of carbonyl (C=O) groups excluding carboxylic acids is 1. The molecule has 6 nitrogen and oxygen atoms in total. The molecule has 1 aliphatic rings. The van der Waals surface area contributed by atoms with Gasteiger partial charge in [0.2, 0.25) is 15.9 Å². The second kappa shape index (κ2) is 5.54. The Bertz CT molecular complexity index is 408. The van der Waals surface area contributed by atoms with Crippen molar-refractivity contribution in [3.63, 3.8) is 0 Å². The van der Waals surface area contributed by atoms with Crippen LogP contribution in [0.15, 0.2) is 0 Å². The Morgan fingerprint density at radius 2 is 2.11 bits per heavy atom. The van der Waals surface area contributed by atoms with Crippen LogP contribution in [0.2, 0.25) is 0 Å². The average molecular weight is 277 g/mol. The lowest BCUT2D eigenvalue weighted by atomic mass is 9.84. The number of carbonyl (C=O) groups is 1. The van der Waals surface area contributed by atoms with Crippen LogP contribution in [0, 0.1) is 5.41 Å². The van der Waals surface area contributed by atoms with Gasteiger partial charge in [0.15, 0.2) is 0 Å². The maximum Gasteiger partial charge on any atom is 0.227 e. The molecule has 0 aromatic heterocycles. The molecule has 0 spiro atoms. The van der Waals surface area contributed by atoms with E-state index in [0.29, 0.717) is 0 Å². The zero-order valence-electron chi connectivity index (χ0n) is 11.3. The van der Waals surface area contributed by atoms with Gasteiger partial charge in [-0.05, 0) is 19.8 Å². The van der Waals surface area contributed by atoms with Crippen molar-refractivity contribution in [2.24, 2.45) is 11.1 Å². The lowest BCUT2D eigenvalue weighted by Gasteiger charge is -2.27. The topological polar surface area (TPSA) is 92.5 Å². The molecule has 1 saturated carbocycles. The van der Waals surface area contributed by atoms with Gasteiger partial charge in [0.1, 0.15) is 0 Å². The van der Waals surface area contributed by atoms with Gasteiger partial charge >= 0.3 is 0 Å². The molecule has 2 atom stereocenters. The zero-order valence-corrected chi connectivity index (χ0v) is 12.1. The number of sulfonamides is 1. The van der Waals surface area contributed by atoms with E-state index in [9.17, 15) is 13.2 Å². The lowest BCUT2D eigenvalue weighted by molar-refractivity contribution is -0.130. The van der Waals surface area contributed by atoms with Crippen molar-refractivity contribution < 1.29 is 13.2 Å². The Morgan fingerprint density at radius 1 is 1.50 bits per heavy atom. The van der Waals surface area contributed by atoms with Gasteiger partial charge in [0, 0.05) is 26.7 Å². The van der Waals surface area contributed by atoms with Crippen molar-refractivity contribution in [1.29, 1.82) is 0 Å². The highest BCUT2D eigenvalue weighted by Crippen LogP contribution is 2.36. The molecule has 18 heavy (non-hydrogen) atoms.